The van der Waals surface area contributed by atoms with Gasteiger partial charge in [-0.2, -0.15) is 0 Å². The first-order valence-electron chi connectivity index (χ1n) is 13.0. The Balaban J connectivity index is 1.16. The van der Waals surface area contributed by atoms with Crippen LogP contribution < -0.4 is 0 Å². The number of hydrogen-bond donors (Lipinski definition) is 1. The summed E-state index contributed by atoms with van der Waals surface area (Å²) in [6, 6.07) is 14.4. The van der Waals surface area contributed by atoms with Gasteiger partial charge in [-0.15, -0.1) is 22.7 Å². The maximum atomic E-state index is 13.6. The number of aliphatic hydroxyl groups is 1. The zero-order valence-corrected chi connectivity index (χ0v) is 23.0. The number of fused-ring (bicyclic) bond motifs is 3. The second kappa shape index (κ2) is 9.41. The summed E-state index contributed by atoms with van der Waals surface area (Å²) in [5.41, 5.74) is -0.866. The number of carbonyl (C=O) groups is 3. The van der Waals surface area contributed by atoms with E-state index in [4.69, 9.17) is 4.74 Å². The lowest BCUT2D eigenvalue weighted by molar-refractivity contribution is -0.919. The normalized spacial score (nSPS) is 24.8. The van der Waals surface area contributed by atoms with Crippen molar-refractivity contribution in [2.45, 2.75) is 37.0 Å². The van der Waals surface area contributed by atoms with E-state index >= 15 is 0 Å². The maximum Gasteiger partial charge on any atom is 0.349 e. The van der Waals surface area contributed by atoms with Crippen LogP contribution in [0.5, 0.6) is 0 Å². The molecule has 3 aliphatic rings. The van der Waals surface area contributed by atoms with Crippen LogP contribution in [0.2, 0.25) is 0 Å². The van der Waals surface area contributed by atoms with Crippen molar-refractivity contribution in [3.05, 3.63) is 80.2 Å². The molecule has 2 fully saturated rings. The predicted octanol–water partition coefficient (Wildman–Crippen LogP) is 4.13. The summed E-state index contributed by atoms with van der Waals surface area (Å²) in [7, 11) is 4.29. The highest BCUT2D eigenvalue weighted by molar-refractivity contribution is 7.12. The number of quaternary nitrogens is 1. The van der Waals surface area contributed by atoms with Gasteiger partial charge in [-0.25, -0.2) is 4.79 Å². The van der Waals surface area contributed by atoms with E-state index in [1.807, 2.05) is 22.9 Å². The Morgan fingerprint density at radius 1 is 1.00 bits per heavy atom. The molecule has 3 heterocycles. The summed E-state index contributed by atoms with van der Waals surface area (Å²) in [6.07, 6.45) is 2.52. The Labute approximate surface area is 229 Å². The van der Waals surface area contributed by atoms with Crippen LogP contribution in [0.25, 0.3) is 0 Å². The van der Waals surface area contributed by atoms with Gasteiger partial charge in [0.1, 0.15) is 6.10 Å². The number of imide groups is 1. The first-order valence-corrected chi connectivity index (χ1v) is 14.8. The van der Waals surface area contributed by atoms with Gasteiger partial charge in [0.25, 0.3) is 11.8 Å². The minimum Gasteiger partial charge on any atom is -0.459 e. The molecule has 0 saturated heterocycles. The van der Waals surface area contributed by atoms with Crippen molar-refractivity contribution in [2.24, 2.45) is 11.8 Å². The number of hydrogen-bond acceptors (Lipinski definition) is 7. The summed E-state index contributed by atoms with van der Waals surface area (Å²) in [5, 5.41) is 15.4. The average Bonchev–Trinajstić information content (AvgIpc) is 3.74. The summed E-state index contributed by atoms with van der Waals surface area (Å²) >= 11 is 2.68. The summed E-state index contributed by atoms with van der Waals surface area (Å²) in [5.74, 6) is -0.528. The fourth-order valence-electron chi connectivity index (χ4n) is 6.92. The van der Waals surface area contributed by atoms with Gasteiger partial charge in [-0.1, -0.05) is 24.3 Å². The van der Waals surface area contributed by atoms with Crippen LogP contribution in [-0.4, -0.2) is 71.6 Å². The SMILES string of the molecule is C[N+](C)(CCN1C(=O)c2ccccc2C1=O)C1C2CC[C@@H]1[C@H](OC(=O)C(O)(c1cccs1)c1cccs1)C2. The Kier molecular flexibility index (Phi) is 6.30. The summed E-state index contributed by atoms with van der Waals surface area (Å²) < 4.78 is 6.77. The van der Waals surface area contributed by atoms with Gasteiger partial charge in [0, 0.05) is 11.8 Å². The maximum absolute atomic E-state index is 13.6. The van der Waals surface area contributed by atoms with E-state index in [-0.39, 0.29) is 29.9 Å². The lowest BCUT2D eigenvalue weighted by Crippen LogP contribution is -2.55. The molecule has 2 bridgehead atoms. The molecule has 1 N–H and O–H groups in total. The molecule has 2 aromatic heterocycles. The Hall–Kier alpha value is -2.85. The first kappa shape index (κ1) is 25.4. The highest BCUT2D eigenvalue weighted by atomic mass is 32.1. The monoisotopic (exact) mass is 551 g/mol. The second-order valence-electron chi connectivity index (χ2n) is 11.1. The zero-order valence-electron chi connectivity index (χ0n) is 21.4. The predicted molar refractivity (Wildman–Crippen MR) is 145 cm³/mol. The molecule has 9 heteroatoms. The molecule has 7 nitrogen and oxygen atoms in total. The fourth-order valence-corrected chi connectivity index (χ4v) is 8.64. The van der Waals surface area contributed by atoms with E-state index < -0.39 is 11.6 Å². The van der Waals surface area contributed by atoms with E-state index in [1.165, 1.54) is 27.6 Å². The van der Waals surface area contributed by atoms with Crippen molar-refractivity contribution in [3.63, 3.8) is 0 Å². The molecule has 2 saturated carbocycles. The minimum absolute atomic E-state index is 0.164. The van der Waals surface area contributed by atoms with Crippen LogP contribution in [0, 0.1) is 11.8 Å². The number of esters is 1. The largest absolute Gasteiger partial charge is 0.459 e. The fraction of sp³-hybridized carbons (Fsp3) is 0.414. The lowest BCUT2D eigenvalue weighted by atomic mass is 9.96. The average molecular weight is 552 g/mol. The quantitative estimate of drug-likeness (QED) is 0.259. The van der Waals surface area contributed by atoms with Crippen molar-refractivity contribution >= 4 is 40.5 Å². The molecule has 6 rings (SSSR count). The number of likely N-dealkylation sites (N-methyl/N-ethyl adjacent to an activating group) is 1. The topological polar surface area (TPSA) is 83.9 Å². The minimum atomic E-state index is -1.81. The number of carbonyl (C=O) groups excluding carboxylic acids is 3. The molecule has 198 valence electrons. The number of amides is 2. The Morgan fingerprint density at radius 2 is 1.61 bits per heavy atom. The molecular formula is C29H31N2O5S2+. The van der Waals surface area contributed by atoms with E-state index in [2.05, 4.69) is 14.1 Å². The van der Waals surface area contributed by atoms with Gasteiger partial charge in [-0.05, 0) is 54.3 Å². The van der Waals surface area contributed by atoms with Crippen LogP contribution in [0.15, 0.2) is 59.3 Å². The molecule has 1 aliphatic heterocycles. The van der Waals surface area contributed by atoms with E-state index in [9.17, 15) is 19.5 Å². The highest BCUT2D eigenvalue weighted by Gasteiger charge is 2.58. The standard InChI is InChI=1S/C29H31N2O5S2/c1-31(2,14-13-30-26(32)19-7-3-4-8-20(19)27(30)33)25-18-11-12-21(25)22(17-18)36-28(34)29(35,23-9-5-15-37-23)24-10-6-16-38-24/h3-10,15-16,18,21-22,25,35H,11-14,17H2,1-2H3/q+1/t18?,21-,22-,25?/m1/s1. The van der Waals surface area contributed by atoms with Crippen molar-refractivity contribution in [2.75, 3.05) is 27.2 Å². The third-order valence-corrected chi connectivity index (χ3v) is 10.7. The number of thiophene rings is 2. The van der Waals surface area contributed by atoms with Crippen molar-refractivity contribution in [1.82, 2.24) is 4.90 Å². The molecule has 2 aliphatic carbocycles. The molecule has 3 aromatic rings. The van der Waals surface area contributed by atoms with Gasteiger partial charge in [-0.3, -0.25) is 14.5 Å². The van der Waals surface area contributed by atoms with Gasteiger partial charge in [0.05, 0.1) is 54.1 Å². The summed E-state index contributed by atoms with van der Waals surface area (Å²) in [4.78, 5) is 41.8. The van der Waals surface area contributed by atoms with Crippen LogP contribution in [0.3, 0.4) is 0 Å². The van der Waals surface area contributed by atoms with Crippen LogP contribution in [0.1, 0.15) is 49.7 Å². The molecule has 38 heavy (non-hydrogen) atoms. The molecule has 1 aromatic carbocycles. The van der Waals surface area contributed by atoms with Crippen molar-refractivity contribution < 1.29 is 28.7 Å². The van der Waals surface area contributed by atoms with Gasteiger partial charge < -0.3 is 14.3 Å². The lowest BCUT2D eigenvalue weighted by Gasteiger charge is -2.40. The second-order valence-corrected chi connectivity index (χ2v) is 13.0. The van der Waals surface area contributed by atoms with E-state index in [0.29, 0.717) is 44.4 Å². The van der Waals surface area contributed by atoms with Gasteiger partial charge >= 0.3 is 5.97 Å². The zero-order chi connectivity index (χ0) is 26.7. The molecule has 0 spiro atoms. The molecular weight excluding hydrogens is 520 g/mol. The highest BCUT2D eigenvalue weighted by Crippen LogP contribution is 2.51. The smallest absolute Gasteiger partial charge is 0.349 e. The van der Waals surface area contributed by atoms with Crippen LogP contribution in [-0.2, 0) is 15.1 Å². The summed E-state index contributed by atoms with van der Waals surface area (Å²) in [6.45, 7) is 0.967. The third kappa shape index (κ3) is 3.95. The molecule has 4 atom stereocenters. The van der Waals surface area contributed by atoms with Crippen LogP contribution >= 0.6 is 22.7 Å². The molecule has 0 radical (unpaired) electrons. The number of benzene rings is 1. The third-order valence-electron chi connectivity index (χ3n) is 8.70. The first-order chi connectivity index (χ1) is 18.2. The van der Waals surface area contributed by atoms with Crippen LogP contribution in [0.4, 0.5) is 0 Å². The Bertz CT molecular complexity index is 1300. The van der Waals surface area contributed by atoms with E-state index in [0.717, 1.165) is 19.3 Å². The Morgan fingerprint density at radius 3 is 2.16 bits per heavy atom. The van der Waals surface area contributed by atoms with E-state index in [1.54, 1.807) is 36.4 Å². The van der Waals surface area contributed by atoms with Crippen molar-refractivity contribution in [3.8, 4) is 0 Å². The number of nitrogens with zero attached hydrogens (tertiary/aromatic N) is 2. The van der Waals surface area contributed by atoms with Gasteiger partial charge in [0.15, 0.2) is 0 Å². The molecule has 2 amide bonds. The van der Waals surface area contributed by atoms with Gasteiger partial charge in [0.2, 0.25) is 5.60 Å². The van der Waals surface area contributed by atoms with Crippen molar-refractivity contribution in [1.29, 1.82) is 0 Å². The number of ether oxygens (including phenoxy) is 1. The molecule has 2 unspecified atom stereocenters. The number of rotatable bonds is 8.